The van der Waals surface area contributed by atoms with Gasteiger partial charge >= 0.3 is 0 Å². The lowest BCUT2D eigenvalue weighted by Gasteiger charge is -2.31. The maximum absolute atomic E-state index is 5.46. The first-order valence-electron chi connectivity index (χ1n) is 6.84. The Kier molecular flexibility index (Phi) is 4.66. The van der Waals surface area contributed by atoms with Crippen LogP contribution in [0.5, 0.6) is 0 Å². The van der Waals surface area contributed by atoms with E-state index in [0.29, 0.717) is 12.0 Å². The van der Waals surface area contributed by atoms with Gasteiger partial charge in [0, 0.05) is 19.3 Å². The van der Waals surface area contributed by atoms with Crippen LogP contribution in [0.1, 0.15) is 42.8 Å². The molecule has 0 aliphatic carbocycles. The lowest BCUT2D eigenvalue weighted by Crippen LogP contribution is -2.32. The molecule has 0 aromatic carbocycles. The zero-order valence-corrected chi connectivity index (χ0v) is 11.6. The van der Waals surface area contributed by atoms with Crippen molar-refractivity contribution in [2.75, 3.05) is 19.8 Å². The van der Waals surface area contributed by atoms with E-state index in [4.69, 9.17) is 4.74 Å². The van der Waals surface area contributed by atoms with Crippen LogP contribution in [-0.4, -0.2) is 30.0 Å². The Morgan fingerprint density at radius 2 is 2.06 bits per heavy atom. The minimum absolute atomic E-state index is 0.383. The number of hydrogen-bond acceptors (Lipinski definition) is 4. The second-order valence-electron chi connectivity index (χ2n) is 5.01. The average Bonchev–Trinajstić information content (AvgIpc) is 2.40. The molecule has 1 aliphatic heterocycles. The van der Waals surface area contributed by atoms with Gasteiger partial charge in [-0.15, -0.1) is 0 Å². The number of hydrogen-bond donors (Lipinski definition) is 1. The lowest BCUT2D eigenvalue weighted by atomic mass is 9.86. The van der Waals surface area contributed by atoms with Crippen LogP contribution in [-0.2, 0) is 4.74 Å². The molecule has 1 aromatic heterocycles. The summed E-state index contributed by atoms with van der Waals surface area (Å²) in [4.78, 5) is 0. The third kappa shape index (κ3) is 3.06. The maximum Gasteiger partial charge on any atom is 0.0648 e. The highest BCUT2D eigenvalue weighted by Crippen LogP contribution is 2.31. The summed E-state index contributed by atoms with van der Waals surface area (Å²) in [5.41, 5.74) is 3.33. The van der Waals surface area contributed by atoms with Crippen molar-refractivity contribution in [3.8, 4) is 0 Å². The van der Waals surface area contributed by atoms with Crippen molar-refractivity contribution in [3.05, 3.63) is 23.0 Å². The Bertz CT molecular complexity index is 389. The van der Waals surface area contributed by atoms with Crippen molar-refractivity contribution in [1.29, 1.82) is 0 Å². The molecule has 1 fully saturated rings. The molecule has 1 aliphatic rings. The molecule has 1 saturated heterocycles. The van der Waals surface area contributed by atoms with E-state index in [-0.39, 0.29) is 0 Å². The lowest BCUT2D eigenvalue weighted by molar-refractivity contribution is 0.0536. The van der Waals surface area contributed by atoms with E-state index in [1.807, 2.05) is 13.8 Å². The van der Waals surface area contributed by atoms with E-state index in [1.54, 1.807) is 0 Å². The molecule has 1 aromatic rings. The molecule has 2 heterocycles. The molecule has 0 spiro atoms. The topological polar surface area (TPSA) is 47.0 Å². The van der Waals surface area contributed by atoms with Crippen LogP contribution in [0.2, 0.25) is 0 Å². The zero-order valence-electron chi connectivity index (χ0n) is 11.6. The Balaban J connectivity index is 2.24. The summed E-state index contributed by atoms with van der Waals surface area (Å²) in [6.45, 7) is 8.94. The van der Waals surface area contributed by atoms with E-state index in [0.717, 1.165) is 44.0 Å². The number of nitrogens with one attached hydrogen (secondary N) is 1. The van der Waals surface area contributed by atoms with Crippen LogP contribution >= 0.6 is 0 Å². The molecule has 1 unspecified atom stereocenters. The van der Waals surface area contributed by atoms with Crippen molar-refractivity contribution in [1.82, 2.24) is 15.5 Å². The van der Waals surface area contributed by atoms with Crippen LogP contribution in [0.25, 0.3) is 0 Å². The van der Waals surface area contributed by atoms with Crippen LogP contribution in [0, 0.1) is 19.8 Å². The smallest absolute Gasteiger partial charge is 0.0648 e. The maximum atomic E-state index is 5.46. The highest BCUT2D eigenvalue weighted by molar-refractivity contribution is 5.24. The van der Waals surface area contributed by atoms with Gasteiger partial charge in [-0.2, -0.15) is 10.2 Å². The van der Waals surface area contributed by atoms with Crippen LogP contribution in [0.3, 0.4) is 0 Å². The zero-order chi connectivity index (χ0) is 13.0. The minimum Gasteiger partial charge on any atom is -0.381 e. The van der Waals surface area contributed by atoms with Gasteiger partial charge in [-0.25, -0.2) is 0 Å². The fourth-order valence-corrected chi connectivity index (χ4v) is 2.68. The molecule has 100 valence electrons. The number of aromatic nitrogens is 2. The van der Waals surface area contributed by atoms with Gasteiger partial charge in [0.2, 0.25) is 0 Å². The van der Waals surface area contributed by atoms with Crippen LogP contribution in [0.4, 0.5) is 0 Å². The molecule has 0 amide bonds. The summed E-state index contributed by atoms with van der Waals surface area (Å²) < 4.78 is 5.46. The van der Waals surface area contributed by atoms with E-state index in [2.05, 4.69) is 28.5 Å². The summed E-state index contributed by atoms with van der Waals surface area (Å²) in [7, 11) is 0. The van der Waals surface area contributed by atoms with Gasteiger partial charge in [0.25, 0.3) is 0 Å². The Morgan fingerprint density at radius 3 is 2.72 bits per heavy atom. The first-order chi connectivity index (χ1) is 8.72. The summed E-state index contributed by atoms with van der Waals surface area (Å²) >= 11 is 0. The van der Waals surface area contributed by atoms with E-state index in [1.165, 1.54) is 5.56 Å². The van der Waals surface area contributed by atoms with Gasteiger partial charge in [-0.3, -0.25) is 0 Å². The predicted molar refractivity (Wildman–Crippen MR) is 71.5 cm³/mol. The molecule has 0 bridgehead atoms. The normalized spacial score (nSPS) is 18.8. The van der Waals surface area contributed by atoms with Crippen LogP contribution in [0.15, 0.2) is 6.07 Å². The molecule has 0 radical (unpaired) electrons. The van der Waals surface area contributed by atoms with Crippen molar-refractivity contribution in [2.45, 2.75) is 39.7 Å². The van der Waals surface area contributed by atoms with E-state index < -0.39 is 0 Å². The van der Waals surface area contributed by atoms with Gasteiger partial charge in [-0.05, 0) is 50.8 Å². The van der Waals surface area contributed by atoms with Crippen LogP contribution < -0.4 is 5.32 Å². The molecule has 0 saturated carbocycles. The molecule has 2 rings (SSSR count). The van der Waals surface area contributed by atoms with E-state index in [9.17, 15) is 0 Å². The monoisotopic (exact) mass is 249 g/mol. The fourth-order valence-electron chi connectivity index (χ4n) is 2.68. The van der Waals surface area contributed by atoms with Crippen molar-refractivity contribution < 1.29 is 4.74 Å². The van der Waals surface area contributed by atoms with Crippen molar-refractivity contribution in [3.63, 3.8) is 0 Å². The minimum atomic E-state index is 0.383. The molecular formula is C14H23N3O. The molecular weight excluding hydrogens is 226 g/mol. The second kappa shape index (κ2) is 6.25. The quantitative estimate of drug-likeness (QED) is 0.888. The first kappa shape index (κ1) is 13.4. The number of ether oxygens (including phenoxy) is 1. The largest absolute Gasteiger partial charge is 0.381 e. The highest BCUT2D eigenvalue weighted by Gasteiger charge is 2.26. The van der Waals surface area contributed by atoms with Gasteiger partial charge in [0.1, 0.15) is 0 Å². The van der Waals surface area contributed by atoms with Crippen molar-refractivity contribution >= 4 is 0 Å². The fraction of sp³-hybridized carbons (Fsp3) is 0.714. The molecule has 4 nitrogen and oxygen atoms in total. The van der Waals surface area contributed by atoms with Crippen molar-refractivity contribution in [2.24, 2.45) is 5.92 Å². The van der Waals surface area contributed by atoms with E-state index >= 15 is 0 Å². The Morgan fingerprint density at radius 1 is 1.33 bits per heavy atom. The second-order valence-corrected chi connectivity index (χ2v) is 5.01. The SMILES string of the molecule is CCNC(c1cc(C)nnc1C)C1CCOCC1. The van der Waals surface area contributed by atoms with Gasteiger partial charge in [-0.1, -0.05) is 6.92 Å². The van der Waals surface area contributed by atoms with Gasteiger partial charge < -0.3 is 10.1 Å². The summed E-state index contributed by atoms with van der Waals surface area (Å²) in [5.74, 6) is 0.640. The Hall–Kier alpha value is -1.00. The molecule has 1 atom stereocenters. The number of aryl methyl sites for hydroxylation is 2. The number of nitrogens with zero attached hydrogens (tertiary/aromatic N) is 2. The predicted octanol–water partition coefficient (Wildman–Crippen LogP) is 2.17. The number of rotatable bonds is 4. The summed E-state index contributed by atoms with van der Waals surface area (Å²) in [6, 6.07) is 2.55. The molecule has 1 N–H and O–H groups in total. The van der Waals surface area contributed by atoms with Gasteiger partial charge in [0.15, 0.2) is 0 Å². The third-order valence-corrected chi connectivity index (χ3v) is 3.64. The summed E-state index contributed by atoms with van der Waals surface area (Å²) in [5, 5.41) is 12.0. The molecule has 4 heteroatoms. The molecule has 18 heavy (non-hydrogen) atoms. The third-order valence-electron chi connectivity index (χ3n) is 3.64. The summed E-state index contributed by atoms with van der Waals surface area (Å²) in [6.07, 6.45) is 2.25. The standard InChI is InChI=1S/C14H23N3O/c1-4-15-14(12-5-7-18-8-6-12)13-9-10(2)16-17-11(13)3/h9,12,14-15H,4-8H2,1-3H3. The van der Waals surface area contributed by atoms with Gasteiger partial charge in [0.05, 0.1) is 11.4 Å². The Labute approximate surface area is 109 Å². The average molecular weight is 249 g/mol. The first-order valence-corrected chi connectivity index (χ1v) is 6.84. The highest BCUT2D eigenvalue weighted by atomic mass is 16.5.